The van der Waals surface area contributed by atoms with Crippen LogP contribution in [0.5, 0.6) is 0 Å². The van der Waals surface area contributed by atoms with Crippen molar-refractivity contribution in [1.82, 2.24) is 15.0 Å². The number of hydrogen-bond donors (Lipinski definition) is 1. The van der Waals surface area contributed by atoms with E-state index in [1.807, 2.05) is 19.9 Å². The number of carbonyl (C=O) groups is 1. The molecular weight excluding hydrogens is 432 g/mol. The number of aryl methyl sites for hydroxylation is 3. The predicted octanol–water partition coefficient (Wildman–Crippen LogP) is 2.94. The lowest BCUT2D eigenvalue weighted by Gasteiger charge is -2.25. The third-order valence-electron chi connectivity index (χ3n) is 5.12. The molecule has 1 aromatic heterocycles. The van der Waals surface area contributed by atoms with Crippen LogP contribution in [0.4, 0.5) is 5.69 Å². The molecule has 1 saturated heterocycles. The van der Waals surface area contributed by atoms with Gasteiger partial charge in [-0.05, 0) is 55.7 Å². The summed E-state index contributed by atoms with van der Waals surface area (Å²) in [5.74, 6) is -0.367. The Hall–Kier alpha value is -3.24. The Kier molecular flexibility index (Phi) is 5.98. The Morgan fingerprint density at radius 1 is 1.03 bits per heavy atom. The molecule has 1 amide bonds. The Balaban J connectivity index is 1.61. The highest BCUT2D eigenvalue weighted by atomic mass is 32.2. The smallest absolute Gasteiger partial charge is 0.316 e. The summed E-state index contributed by atoms with van der Waals surface area (Å²) in [4.78, 5) is 18.4. The SMILES string of the molecule is Cc1cc(C)cc(NS(=O)(=O)c2cc(-c3noc(C(=O)N4CCOCC4)n3)ccc2C)c1. The van der Waals surface area contributed by atoms with Crippen molar-refractivity contribution in [2.75, 3.05) is 31.0 Å². The molecule has 1 N–H and O–H groups in total. The van der Waals surface area contributed by atoms with Crippen molar-refractivity contribution in [3.8, 4) is 11.4 Å². The van der Waals surface area contributed by atoms with Crippen LogP contribution in [0.3, 0.4) is 0 Å². The Morgan fingerprint density at radius 3 is 2.41 bits per heavy atom. The number of hydrogen-bond acceptors (Lipinski definition) is 7. The summed E-state index contributed by atoms with van der Waals surface area (Å²) in [6, 6.07) is 10.4. The van der Waals surface area contributed by atoms with Crippen molar-refractivity contribution >= 4 is 21.6 Å². The van der Waals surface area contributed by atoms with Crippen molar-refractivity contribution in [1.29, 1.82) is 0 Å². The number of amides is 1. The number of aromatic nitrogens is 2. The van der Waals surface area contributed by atoms with Gasteiger partial charge in [0.15, 0.2) is 0 Å². The summed E-state index contributed by atoms with van der Waals surface area (Å²) in [5.41, 5.74) is 3.40. The van der Waals surface area contributed by atoms with Gasteiger partial charge in [0, 0.05) is 24.3 Å². The molecule has 1 fully saturated rings. The standard InChI is InChI=1S/C22H24N4O5S/c1-14-10-15(2)12-18(11-14)25-32(28,29)19-13-17(5-4-16(19)3)20-23-21(31-24-20)22(27)26-6-8-30-9-7-26/h4-5,10-13,25H,6-9H2,1-3H3. The lowest BCUT2D eigenvalue weighted by atomic mass is 10.1. The minimum absolute atomic E-state index is 0.0972. The van der Waals surface area contributed by atoms with E-state index < -0.39 is 10.0 Å². The quantitative estimate of drug-likeness (QED) is 0.628. The fourth-order valence-corrected chi connectivity index (χ4v) is 4.91. The molecule has 0 spiro atoms. The van der Waals surface area contributed by atoms with Gasteiger partial charge in [0.2, 0.25) is 5.82 Å². The van der Waals surface area contributed by atoms with Gasteiger partial charge in [-0.1, -0.05) is 23.4 Å². The molecular formula is C22H24N4O5S. The number of carbonyl (C=O) groups excluding carboxylic acids is 1. The van der Waals surface area contributed by atoms with Gasteiger partial charge in [0.25, 0.3) is 10.0 Å². The van der Waals surface area contributed by atoms with Crippen LogP contribution in [0.2, 0.25) is 0 Å². The lowest BCUT2D eigenvalue weighted by Crippen LogP contribution is -2.40. The zero-order valence-electron chi connectivity index (χ0n) is 18.1. The van der Waals surface area contributed by atoms with Crippen LogP contribution in [-0.4, -0.2) is 55.7 Å². The van der Waals surface area contributed by atoms with Crippen LogP contribution in [0.1, 0.15) is 27.4 Å². The molecule has 0 unspecified atom stereocenters. The summed E-state index contributed by atoms with van der Waals surface area (Å²) in [7, 11) is -3.86. The van der Waals surface area contributed by atoms with Gasteiger partial charge in [-0.2, -0.15) is 4.98 Å². The molecule has 9 nitrogen and oxygen atoms in total. The molecule has 10 heteroatoms. The van der Waals surface area contributed by atoms with Crippen LogP contribution in [0.25, 0.3) is 11.4 Å². The number of benzene rings is 2. The van der Waals surface area contributed by atoms with Crippen LogP contribution in [-0.2, 0) is 14.8 Å². The maximum atomic E-state index is 13.1. The van der Waals surface area contributed by atoms with Gasteiger partial charge in [0.1, 0.15) is 0 Å². The molecule has 4 rings (SSSR count). The summed E-state index contributed by atoms with van der Waals surface area (Å²) in [6.07, 6.45) is 0. The molecule has 0 bridgehead atoms. The second kappa shape index (κ2) is 8.71. The number of nitrogens with zero attached hydrogens (tertiary/aromatic N) is 3. The molecule has 0 aliphatic carbocycles. The first-order chi connectivity index (χ1) is 15.2. The van der Waals surface area contributed by atoms with Gasteiger partial charge in [-0.15, -0.1) is 0 Å². The highest BCUT2D eigenvalue weighted by Gasteiger charge is 2.25. The normalized spacial score (nSPS) is 14.4. The largest absolute Gasteiger partial charge is 0.378 e. The van der Waals surface area contributed by atoms with Gasteiger partial charge in [-0.3, -0.25) is 9.52 Å². The van der Waals surface area contributed by atoms with E-state index in [-0.39, 0.29) is 22.5 Å². The summed E-state index contributed by atoms with van der Waals surface area (Å²) < 4.78 is 39.2. The predicted molar refractivity (Wildman–Crippen MR) is 118 cm³/mol. The molecule has 0 atom stereocenters. The molecule has 2 heterocycles. The average Bonchev–Trinajstić information content (AvgIpc) is 3.23. The molecule has 0 saturated carbocycles. The molecule has 3 aromatic rings. The van der Waals surface area contributed by atoms with Crippen molar-refractivity contribution < 1.29 is 22.5 Å². The highest BCUT2D eigenvalue weighted by Crippen LogP contribution is 2.26. The molecule has 168 valence electrons. The van der Waals surface area contributed by atoms with Crippen LogP contribution in [0.15, 0.2) is 45.8 Å². The number of anilines is 1. The van der Waals surface area contributed by atoms with E-state index in [1.165, 1.54) is 6.07 Å². The minimum atomic E-state index is -3.86. The second-order valence-electron chi connectivity index (χ2n) is 7.79. The lowest BCUT2D eigenvalue weighted by molar-refractivity contribution is 0.0272. The van der Waals surface area contributed by atoms with E-state index >= 15 is 0 Å². The van der Waals surface area contributed by atoms with Crippen molar-refractivity contribution in [2.24, 2.45) is 0 Å². The first-order valence-corrected chi connectivity index (χ1v) is 11.6. The Labute approximate surface area is 186 Å². The fraction of sp³-hybridized carbons (Fsp3) is 0.318. The third kappa shape index (κ3) is 4.66. The Morgan fingerprint density at radius 2 is 1.72 bits per heavy atom. The van der Waals surface area contributed by atoms with E-state index in [4.69, 9.17) is 9.26 Å². The molecule has 0 radical (unpaired) electrons. The van der Waals surface area contributed by atoms with Gasteiger partial charge >= 0.3 is 11.8 Å². The molecule has 1 aliphatic heterocycles. The van der Waals surface area contributed by atoms with Crippen molar-refractivity contribution in [3.05, 3.63) is 59.0 Å². The number of morpholine rings is 1. The van der Waals surface area contributed by atoms with Gasteiger partial charge in [0.05, 0.1) is 18.1 Å². The van der Waals surface area contributed by atoms with Crippen LogP contribution < -0.4 is 4.72 Å². The van der Waals surface area contributed by atoms with E-state index in [0.717, 1.165) is 11.1 Å². The number of ether oxygens (including phenoxy) is 1. The monoisotopic (exact) mass is 456 g/mol. The van der Waals surface area contributed by atoms with Crippen molar-refractivity contribution in [3.63, 3.8) is 0 Å². The Bertz CT molecular complexity index is 1240. The molecule has 1 aliphatic rings. The second-order valence-corrected chi connectivity index (χ2v) is 9.44. The first-order valence-electron chi connectivity index (χ1n) is 10.2. The third-order valence-corrected chi connectivity index (χ3v) is 6.64. The highest BCUT2D eigenvalue weighted by molar-refractivity contribution is 7.92. The zero-order valence-corrected chi connectivity index (χ0v) is 18.9. The van der Waals surface area contributed by atoms with Crippen molar-refractivity contribution in [2.45, 2.75) is 25.7 Å². The van der Waals surface area contributed by atoms with E-state index in [1.54, 1.807) is 36.1 Å². The maximum absolute atomic E-state index is 13.1. The number of rotatable bonds is 5. The zero-order chi connectivity index (χ0) is 22.9. The number of sulfonamides is 1. The van der Waals surface area contributed by atoms with E-state index in [2.05, 4.69) is 14.9 Å². The summed E-state index contributed by atoms with van der Waals surface area (Å²) in [6.45, 7) is 7.34. The maximum Gasteiger partial charge on any atom is 0.316 e. The summed E-state index contributed by atoms with van der Waals surface area (Å²) >= 11 is 0. The summed E-state index contributed by atoms with van der Waals surface area (Å²) in [5, 5.41) is 3.88. The fourth-order valence-electron chi connectivity index (χ4n) is 3.60. The van der Waals surface area contributed by atoms with Crippen LogP contribution >= 0.6 is 0 Å². The van der Waals surface area contributed by atoms with E-state index in [9.17, 15) is 13.2 Å². The number of nitrogens with one attached hydrogen (secondary N) is 1. The van der Waals surface area contributed by atoms with Gasteiger partial charge < -0.3 is 14.2 Å². The first kappa shape index (κ1) is 22.0. The van der Waals surface area contributed by atoms with Crippen LogP contribution in [0, 0.1) is 20.8 Å². The molecule has 32 heavy (non-hydrogen) atoms. The van der Waals surface area contributed by atoms with Gasteiger partial charge in [-0.25, -0.2) is 8.42 Å². The average molecular weight is 457 g/mol. The minimum Gasteiger partial charge on any atom is -0.378 e. The topological polar surface area (TPSA) is 115 Å². The van der Waals surface area contributed by atoms with E-state index in [0.29, 0.717) is 43.1 Å². The molecule has 2 aromatic carbocycles.